The van der Waals surface area contributed by atoms with Gasteiger partial charge in [-0.1, -0.05) is 36.4 Å². The molecular formula is C25H32O5. The first kappa shape index (κ1) is 23.7. The summed E-state index contributed by atoms with van der Waals surface area (Å²) in [4.78, 5) is 0. The number of aliphatic hydroxyl groups is 5. The largest absolute Gasteiger partial charge is 0.509 e. The van der Waals surface area contributed by atoms with Gasteiger partial charge in [-0.25, -0.2) is 0 Å². The lowest BCUT2D eigenvalue weighted by molar-refractivity contribution is -0.0546. The number of aryl methyl sites for hydroxylation is 2. The number of benzene rings is 2. The molecule has 0 aliphatic heterocycles. The van der Waals surface area contributed by atoms with Crippen molar-refractivity contribution in [3.05, 3.63) is 81.3 Å². The zero-order valence-corrected chi connectivity index (χ0v) is 18.4. The summed E-state index contributed by atoms with van der Waals surface area (Å²) >= 11 is 0. The number of rotatable bonds is 6. The van der Waals surface area contributed by atoms with Gasteiger partial charge in [-0.05, 0) is 86.1 Å². The monoisotopic (exact) mass is 412 g/mol. The average Bonchev–Trinajstić information content (AvgIpc) is 2.73. The predicted octanol–water partition coefficient (Wildman–Crippen LogP) is 4.28. The van der Waals surface area contributed by atoms with Gasteiger partial charge in [0.1, 0.15) is 29.8 Å². The molecule has 0 heterocycles. The van der Waals surface area contributed by atoms with Crippen LogP contribution in [-0.4, -0.2) is 43.8 Å². The summed E-state index contributed by atoms with van der Waals surface area (Å²) in [5.41, 5.74) is 6.20. The molecule has 5 N–H and O–H groups in total. The molecule has 0 fully saturated rings. The van der Waals surface area contributed by atoms with Crippen molar-refractivity contribution in [3.63, 3.8) is 0 Å². The summed E-state index contributed by atoms with van der Waals surface area (Å²) < 4.78 is 0. The van der Waals surface area contributed by atoms with E-state index in [1.165, 1.54) is 0 Å². The van der Waals surface area contributed by atoms with Gasteiger partial charge >= 0.3 is 0 Å². The van der Waals surface area contributed by atoms with Crippen LogP contribution in [0.3, 0.4) is 0 Å². The van der Waals surface area contributed by atoms with Gasteiger partial charge in [-0.3, -0.25) is 0 Å². The van der Waals surface area contributed by atoms with Crippen molar-refractivity contribution in [2.75, 3.05) is 0 Å². The summed E-state index contributed by atoms with van der Waals surface area (Å²) in [6.07, 6.45) is -5.35. The normalized spacial score (nSPS) is 16.4. The summed E-state index contributed by atoms with van der Waals surface area (Å²) in [6.45, 7) is 11.0. The molecular weight excluding hydrogens is 380 g/mol. The van der Waals surface area contributed by atoms with Crippen LogP contribution in [0.25, 0.3) is 11.1 Å². The first-order chi connectivity index (χ1) is 14.0. The molecule has 0 saturated heterocycles. The highest BCUT2D eigenvalue weighted by atomic mass is 16.4. The molecule has 0 aromatic heterocycles. The van der Waals surface area contributed by atoms with E-state index in [1.54, 1.807) is 13.8 Å². The zero-order valence-electron chi connectivity index (χ0n) is 18.4. The van der Waals surface area contributed by atoms with Crippen LogP contribution >= 0.6 is 0 Å². The molecule has 2 rings (SSSR count). The van der Waals surface area contributed by atoms with Gasteiger partial charge in [0.25, 0.3) is 0 Å². The fraction of sp³-hybridized carbons (Fsp3) is 0.360. The fourth-order valence-corrected chi connectivity index (χ4v) is 3.53. The summed E-state index contributed by atoms with van der Waals surface area (Å²) in [7, 11) is 0. The van der Waals surface area contributed by atoms with Crippen LogP contribution in [0.1, 0.15) is 47.2 Å². The van der Waals surface area contributed by atoms with Crippen molar-refractivity contribution in [1.29, 1.82) is 0 Å². The van der Waals surface area contributed by atoms with Gasteiger partial charge in [-0.15, -0.1) is 0 Å². The second-order valence-electron chi connectivity index (χ2n) is 7.90. The SMILES string of the molecule is CC(=C(O)C(O)C(O)C(O)C(O)=C(C)c1cccc(C)c1C)c1cccc(C)c1C. The second kappa shape index (κ2) is 9.47. The molecule has 162 valence electrons. The van der Waals surface area contributed by atoms with Crippen molar-refractivity contribution in [1.82, 2.24) is 0 Å². The van der Waals surface area contributed by atoms with Crippen LogP contribution in [0.5, 0.6) is 0 Å². The third-order valence-electron chi connectivity index (χ3n) is 5.99. The minimum Gasteiger partial charge on any atom is -0.509 e. The Balaban J connectivity index is 2.37. The number of hydrogen-bond acceptors (Lipinski definition) is 5. The van der Waals surface area contributed by atoms with Gasteiger partial charge in [0, 0.05) is 0 Å². The highest BCUT2D eigenvalue weighted by Crippen LogP contribution is 2.28. The van der Waals surface area contributed by atoms with Gasteiger partial charge in [-0.2, -0.15) is 0 Å². The van der Waals surface area contributed by atoms with Crippen LogP contribution in [0.15, 0.2) is 47.9 Å². The standard InChI is InChI=1S/C25H32O5/c1-13-9-7-11-19(15(13)3)17(5)21(26)23(28)25(30)24(29)22(27)18(6)20-12-8-10-14(2)16(20)4/h7-12,23-30H,1-6H3. The predicted molar refractivity (Wildman–Crippen MR) is 120 cm³/mol. The Morgan fingerprint density at radius 2 is 0.967 bits per heavy atom. The maximum absolute atomic E-state index is 10.6. The van der Waals surface area contributed by atoms with E-state index in [-0.39, 0.29) is 0 Å². The molecule has 0 aliphatic carbocycles. The van der Waals surface area contributed by atoms with E-state index in [2.05, 4.69) is 0 Å². The molecule has 0 spiro atoms. The highest BCUT2D eigenvalue weighted by molar-refractivity contribution is 5.71. The number of hydrogen-bond donors (Lipinski definition) is 5. The Labute approximate surface area is 178 Å². The lowest BCUT2D eigenvalue weighted by Gasteiger charge is -2.25. The Kier molecular flexibility index (Phi) is 7.48. The van der Waals surface area contributed by atoms with Gasteiger partial charge in [0.15, 0.2) is 0 Å². The van der Waals surface area contributed by atoms with E-state index in [9.17, 15) is 25.5 Å². The van der Waals surface area contributed by atoms with Crippen LogP contribution in [0.4, 0.5) is 0 Å². The third kappa shape index (κ3) is 4.59. The van der Waals surface area contributed by atoms with Crippen molar-refractivity contribution in [2.24, 2.45) is 0 Å². The Bertz CT molecular complexity index is 908. The molecule has 2 unspecified atom stereocenters. The molecule has 30 heavy (non-hydrogen) atoms. The van der Waals surface area contributed by atoms with Gasteiger partial charge in [0.2, 0.25) is 0 Å². The molecule has 2 aromatic rings. The van der Waals surface area contributed by atoms with E-state index in [0.717, 1.165) is 33.4 Å². The van der Waals surface area contributed by atoms with Crippen molar-refractivity contribution >= 4 is 11.1 Å². The number of aliphatic hydroxyl groups excluding tert-OH is 5. The maximum Gasteiger partial charge on any atom is 0.140 e. The highest BCUT2D eigenvalue weighted by Gasteiger charge is 2.32. The lowest BCUT2D eigenvalue weighted by atomic mass is 9.92. The van der Waals surface area contributed by atoms with E-state index < -0.39 is 29.8 Å². The van der Waals surface area contributed by atoms with Crippen LogP contribution in [-0.2, 0) is 0 Å². The van der Waals surface area contributed by atoms with E-state index >= 15 is 0 Å². The van der Waals surface area contributed by atoms with Gasteiger partial charge in [0.05, 0.1) is 0 Å². The summed E-state index contributed by atoms with van der Waals surface area (Å²) in [5, 5.41) is 52.6. The fourth-order valence-electron chi connectivity index (χ4n) is 3.53. The quantitative estimate of drug-likeness (QED) is 0.456. The molecule has 0 amide bonds. The molecule has 0 bridgehead atoms. The molecule has 0 radical (unpaired) electrons. The molecule has 5 nitrogen and oxygen atoms in total. The molecule has 2 aromatic carbocycles. The topological polar surface area (TPSA) is 101 Å². The maximum atomic E-state index is 10.6. The first-order valence-corrected chi connectivity index (χ1v) is 9.95. The van der Waals surface area contributed by atoms with Gasteiger partial charge < -0.3 is 25.5 Å². The van der Waals surface area contributed by atoms with Crippen LogP contribution in [0.2, 0.25) is 0 Å². The minimum absolute atomic E-state index is 0.393. The average molecular weight is 413 g/mol. The number of allylic oxidation sites excluding steroid dienone is 2. The third-order valence-corrected chi connectivity index (χ3v) is 5.99. The van der Waals surface area contributed by atoms with E-state index in [4.69, 9.17) is 0 Å². The van der Waals surface area contributed by atoms with E-state index in [0.29, 0.717) is 11.1 Å². The minimum atomic E-state index is -1.81. The Hall–Kier alpha value is -2.60. The second-order valence-corrected chi connectivity index (χ2v) is 7.90. The van der Waals surface area contributed by atoms with Crippen LogP contribution < -0.4 is 0 Å². The van der Waals surface area contributed by atoms with Crippen molar-refractivity contribution in [2.45, 2.75) is 59.9 Å². The van der Waals surface area contributed by atoms with Crippen molar-refractivity contribution < 1.29 is 25.5 Å². The summed E-state index contributed by atoms with van der Waals surface area (Å²) in [5.74, 6) is -0.903. The molecule has 0 aliphatic rings. The van der Waals surface area contributed by atoms with E-state index in [1.807, 2.05) is 64.1 Å². The lowest BCUT2D eigenvalue weighted by Crippen LogP contribution is -2.40. The Morgan fingerprint density at radius 1 is 0.633 bits per heavy atom. The molecule has 2 atom stereocenters. The Morgan fingerprint density at radius 3 is 1.30 bits per heavy atom. The molecule has 5 heteroatoms. The zero-order chi connectivity index (χ0) is 22.7. The smallest absolute Gasteiger partial charge is 0.140 e. The first-order valence-electron chi connectivity index (χ1n) is 9.95. The summed E-state index contributed by atoms with van der Waals surface area (Å²) in [6, 6.07) is 11.2. The van der Waals surface area contributed by atoms with Crippen molar-refractivity contribution in [3.8, 4) is 0 Å². The molecule has 0 saturated carbocycles. The van der Waals surface area contributed by atoms with Crippen LogP contribution in [0, 0.1) is 27.7 Å².